The topological polar surface area (TPSA) is 108 Å². The Morgan fingerprint density at radius 1 is 0.824 bits per heavy atom. The number of nitrogens with zero attached hydrogens (tertiary/aromatic N) is 2. The van der Waals surface area contributed by atoms with Gasteiger partial charge in [-0.15, -0.1) is 0 Å². The summed E-state index contributed by atoms with van der Waals surface area (Å²) in [6.07, 6.45) is 3.76. The second-order valence-corrected chi connectivity index (χ2v) is 7.87. The Labute approximate surface area is 197 Å². The van der Waals surface area contributed by atoms with Crippen molar-refractivity contribution in [3.63, 3.8) is 0 Å². The lowest BCUT2D eigenvalue weighted by Gasteiger charge is -2.25. The maximum Gasteiger partial charge on any atom is 0.262 e. The molecule has 1 aliphatic heterocycles. The lowest BCUT2D eigenvalue weighted by Crippen LogP contribution is -2.51. The van der Waals surface area contributed by atoms with Crippen LogP contribution in [0.4, 0.5) is 0 Å². The van der Waals surface area contributed by atoms with Gasteiger partial charge in [0.1, 0.15) is 6.04 Å². The highest BCUT2D eigenvalue weighted by Gasteiger charge is 2.42. The molecule has 8 heteroatoms. The Morgan fingerprint density at radius 2 is 1.47 bits per heavy atom. The van der Waals surface area contributed by atoms with Crippen LogP contribution in [0, 0.1) is 0 Å². The van der Waals surface area contributed by atoms with Crippen molar-refractivity contribution in [2.75, 3.05) is 13.1 Å². The summed E-state index contributed by atoms with van der Waals surface area (Å²) in [5, 5.41) is 5.59. The van der Waals surface area contributed by atoms with Crippen LogP contribution >= 0.6 is 0 Å². The van der Waals surface area contributed by atoms with E-state index in [4.69, 9.17) is 0 Å². The smallest absolute Gasteiger partial charge is 0.262 e. The van der Waals surface area contributed by atoms with Gasteiger partial charge < -0.3 is 10.6 Å². The lowest BCUT2D eigenvalue weighted by atomic mass is 10.0. The highest BCUT2D eigenvalue weighted by atomic mass is 16.2. The van der Waals surface area contributed by atoms with E-state index >= 15 is 0 Å². The summed E-state index contributed by atoms with van der Waals surface area (Å²) in [6, 6.07) is 18.2. The number of carbonyl (C=O) groups is 4. The molecule has 0 spiro atoms. The Morgan fingerprint density at radius 3 is 2.12 bits per heavy atom. The minimum atomic E-state index is -0.986. The van der Waals surface area contributed by atoms with Crippen molar-refractivity contribution in [2.24, 2.45) is 0 Å². The summed E-state index contributed by atoms with van der Waals surface area (Å²) in [6.45, 7) is 0.630. The van der Waals surface area contributed by atoms with Crippen LogP contribution in [-0.4, -0.2) is 52.6 Å². The van der Waals surface area contributed by atoms with Gasteiger partial charge in [0.2, 0.25) is 5.91 Å². The number of amides is 4. The summed E-state index contributed by atoms with van der Waals surface area (Å²) >= 11 is 0. The van der Waals surface area contributed by atoms with Crippen molar-refractivity contribution < 1.29 is 19.2 Å². The van der Waals surface area contributed by atoms with Gasteiger partial charge in [-0.25, -0.2) is 0 Å². The van der Waals surface area contributed by atoms with Crippen LogP contribution < -0.4 is 10.6 Å². The van der Waals surface area contributed by atoms with Crippen molar-refractivity contribution in [3.05, 3.63) is 101 Å². The molecule has 0 fully saturated rings. The van der Waals surface area contributed by atoms with Gasteiger partial charge in [-0.2, -0.15) is 0 Å². The zero-order valence-electron chi connectivity index (χ0n) is 18.4. The van der Waals surface area contributed by atoms with E-state index in [1.807, 2.05) is 30.3 Å². The molecule has 2 N–H and O–H groups in total. The molecule has 1 aromatic heterocycles. The molecule has 0 bridgehead atoms. The number of imide groups is 1. The number of pyridine rings is 1. The second kappa shape index (κ2) is 10.5. The first kappa shape index (κ1) is 22.8. The first-order valence-electron chi connectivity index (χ1n) is 11.0. The minimum absolute atomic E-state index is 0.204. The normalized spacial score (nSPS) is 13.4. The average molecular weight is 457 g/mol. The monoisotopic (exact) mass is 456 g/mol. The maximum absolute atomic E-state index is 13.1. The van der Waals surface area contributed by atoms with E-state index < -0.39 is 23.8 Å². The van der Waals surface area contributed by atoms with Crippen LogP contribution in [0.1, 0.15) is 43.1 Å². The Hall–Kier alpha value is -4.33. The largest absolute Gasteiger partial charge is 0.354 e. The number of fused-ring (bicyclic) bond motifs is 1. The van der Waals surface area contributed by atoms with E-state index in [1.54, 1.807) is 42.6 Å². The molecule has 0 saturated carbocycles. The zero-order valence-corrected chi connectivity index (χ0v) is 18.4. The second-order valence-electron chi connectivity index (χ2n) is 7.87. The molecule has 4 amide bonds. The Bertz CT molecular complexity index is 1160. The van der Waals surface area contributed by atoms with E-state index in [-0.39, 0.29) is 18.9 Å². The van der Waals surface area contributed by atoms with Crippen molar-refractivity contribution in [1.82, 2.24) is 20.5 Å². The number of carbonyl (C=O) groups excluding carboxylic acids is 4. The zero-order chi connectivity index (χ0) is 23.9. The van der Waals surface area contributed by atoms with Gasteiger partial charge in [0.05, 0.1) is 16.7 Å². The maximum atomic E-state index is 13.1. The predicted molar refractivity (Wildman–Crippen MR) is 125 cm³/mol. The van der Waals surface area contributed by atoms with E-state index in [0.717, 1.165) is 10.5 Å². The highest BCUT2D eigenvalue weighted by molar-refractivity contribution is 6.22. The molecular weight excluding hydrogens is 432 g/mol. The van der Waals surface area contributed by atoms with Gasteiger partial charge in [-0.05, 0) is 36.2 Å². The average Bonchev–Trinajstić information content (AvgIpc) is 3.13. The van der Waals surface area contributed by atoms with E-state index in [1.165, 1.54) is 6.20 Å². The van der Waals surface area contributed by atoms with Gasteiger partial charge in [0, 0.05) is 31.9 Å². The molecular formula is C26H24N4O4. The molecule has 34 heavy (non-hydrogen) atoms. The summed E-state index contributed by atoms with van der Waals surface area (Å²) in [5.41, 5.74) is 1.90. The molecule has 1 atom stereocenters. The third-order valence-electron chi connectivity index (χ3n) is 5.57. The van der Waals surface area contributed by atoms with Gasteiger partial charge in [0.15, 0.2) is 0 Å². The van der Waals surface area contributed by atoms with E-state index in [9.17, 15) is 19.2 Å². The summed E-state index contributed by atoms with van der Waals surface area (Å²) in [5.74, 6) is -1.61. The third kappa shape index (κ3) is 5.01. The van der Waals surface area contributed by atoms with Crippen LogP contribution in [-0.2, 0) is 11.2 Å². The molecule has 2 heterocycles. The molecule has 3 aromatic rings. The van der Waals surface area contributed by atoms with Crippen LogP contribution in [0.5, 0.6) is 0 Å². The minimum Gasteiger partial charge on any atom is -0.354 e. The molecule has 0 saturated heterocycles. The third-order valence-corrected chi connectivity index (χ3v) is 5.57. The SMILES string of the molecule is O=C(NCCCNC(=O)C(Cc1ccccc1)N1C(=O)c2ccccc2C1=O)c1cccnc1. The van der Waals surface area contributed by atoms with Crippen molar-refractivity contribution >= 4 is 23.6 Å². The number of benzene rings is 2. The van der Waals surface area contributed by atoms with E-state index in [2.05, 4.69) is 15.6 Å². The van der Waals surface area contributed by atoms with Gasteiger partial charge in [-0.1, -0.05) is 42.5 Å². The number of aromatic nitrogens is 1. The van der Waals surface area contributed by atoms with Gasteiger partial charge in [-0.3, -0.25) is 29.1 Å². The molecule has 8 nitrogen and oxygen atoms in total. The summed E-state index contributed by atoms with van der Waals surface area (Å²) in [7, 11) is 0. The van der Waals surface area contributed by atoms with Crippen LogP contribution in [0.25, 0.3) is 0 Å². The van der Waals surface area contributed by atoms with Crippen molar-refractivity contribution in [3.8, 4) is 0 Å². The van der Waals surface area contributed by atoms with Crippen molar-refractivity contribution in [1.29, 1.82) is 0 Å². The van der Waals surface area contributed by atoms with Gasteiger partial charge >= 0.3 is 0 Å². The number of hydrogen-bond donors (Lipinski definition) is 2. The molecule has 1 aliphatic rings. The summed E-state index contributed by atoms with van der Waals surface area (Å²) in [4.78, 5) is 56.2. The van der Waals surface area contributed by atoms with Crippen LogP contribution in [0.2, 0.25) is 0 Å². The fraction of sp³-hybridized carbons (Fsp3) is 0.192. The first-order chi connectivity index (χ1) is 16.6. The van der Waals surface area contributed by atoms with Crippen LogP contribution in [0.3, 0.4) is 0 Å². The predicted octanol–water partition coefficient (Wildman–Crippen LogP) is 2.23. The van der Waals surface area contributed by atoms with Crippen LogP contribution in [0.15, 0.2) is 79.1 Å². The Balaban J connectivity index is 1.39. The Kier molecular flexibility index (Phi) is 7.07. The van der Waals surface area contributed by atoms with Crippen molar-refractivity contribution in [2.45, 2.75) is 18.9 Å². The highest BCUT2D eigenvalue weighted by Crippen LogP contribution is 2.26. The molecule has 4 rings (SSSR count). The quantitative estimate of drug-likeness (QED) is 0.379. The molecule has 1 unspecified atom stereocenters. The van der Waals surface area contributed by atoms with Gasteiger partial charge in [0.25, 0.3) is 17.7 Å². The van der Waals surface area contributed by atoms with E-state index in [0.29, 0.717) is 29.7 Å². The fourth-order valence-corrected chi connectivity index (χ4v) is 3.85. The standard InChI is InChI=1S/C26H24N4O4/c31-23(19-10-6-13-27-17-19)28-14-7-15-29-24(32)22(16-18-8-2-1-3-9-18)30-25(33)20-11-4-5-12-21(20)26(30)34/h1-6,8-13,17,22H,7,14-16H2,(H,28,31)(H,29,32). The first-order valence-corrected chi connectivity index (χ1v) is 11.0. The number of nitrogens with one attached hydrogen (secondary N) is 2. The molecule has 172 valence electrons. The fourth-order valence-electron chi connectivity index (χ4n) is 3.85. The lowest BCUT2D eigenvalue weighted by molar-refractivity contribution is -0.125. The molecule has 2 aromatic carbocycles. The summed E-state index contributed by atoms with van der Waals surface area (Å²) < 4.78 is 0. The molecule has 0 aliphatic carbocycles. The number of hydrogen-bond acceptors (Lipinski definition) is 5. The molecule has 0 radical (unpaired) electrons. The number of rotatable bonds is 9.